The van der Waals surface area contributed by atoms with E-state index in [1.54, 1.807) is 0 Å². The minimum Gasteiger partial charge on any atom is -0.331 e. The van der Waals surface area contributed by atoms with Crippen molar-refractivity contribution >= 4 is 11.6 Å². The second-order valence-electron chi connectivity index (χ2n) is 5.73. The minimum absolute atomic E-state index is 0.0797. The molecule has 0 spiro atoms. The van der Waals surface area contributed by atoms with Gasteiger partial charge in [0.2, 0.25) is 0 Å². The van der Waals surface area contributed by atoms with Crippen LogP contribution in [0.5, 0.6) is 0 Å². The average Bonchev–Trinajstić information content (AvgIpc) is 3.22. The van der Waals surface area contributed by atoms with Gasteiger partial charge in [-0.2, -0.15) is 13.2 Å². The van der Waals surface area contributed by atoms with E-state index in [1.165, 1.54) is 11.0 Å². The first kappa shape index (κ1) is 14.7. The Bertz CT molecular complexity index is 690. The first-order valence-electron chi connectivity index (χ1n) is 6.93. The standard InChI is InChI=1S/C14H13F3N4O/c1-7(8-2-3-8)21-6-9-4-10(19-20-18)5-11(14(15,16)17)12(9)13(21)22/h4-5,7-8H,2-3,6H2,1H3. The van der Waals surface area contributed by atoms with E-state index in [4.69, 9.17) is 5.53 Å². The molecule has 1 amide bonds. The van der Waals surface area contributed by atoms with Crippen molar-refractivity contribution in [1.29, 1.82) is 0 Å². The maximum Gasteiger partial charge on any atom is 0.417 e. The second-order valence-corrected chi connectivity index (χ2v) is 5.73. The van der Waals surface area contributed by atoms with Crippen molar-refractivity contribution in [3.05, 3.63) is 39.3 Å². The summed E-state index contributed by atoms with van der Waals surface area (Å²) in [7, 11) is 0. The summed E-state index contributed by atoms with van der Waals surface area (Å²) in [6.45, 7) is 1.99. The van der Waals surface area contributed by atoms with E-state index in [0.29, 0.717) is 5.92 Å². The lowest BCUT2D eigenvalue weighted by atomic mass is 10.0. The molecular weight excluding hydrogens is 297 g/mol. The number of carbonyl (C=O) groups excluding carboxylic acids is 1. The lowest BCUT2D eigenvalue weighted by Gasteiger charge is -2.24. The molecule has 1 fully saturated rings. The molecule has 1 aromatic rings. The number of benzene rings is 1. The van der Waals surface area contributed by atoms with Gasteiger partial charge in [-0.05, 0) is 48.9 Å². The summed E-state index contributed by atoms with van der Waals surface area (Å²) in [6.07, 6.45) is -2.67. The van der Waals surface area contributed by atoms with E-state index in [-0.39, 0.29) is 29.4 Å². The zero-order valence-corrected chi connectivity index (χ0v) is 11.8. The van der Waals surface area contributed by atoms with Crippen molar-refractivity contribution in [3.8, 4) is 0 Å². The summed E-state index contributed by atoms with van der Waals surface area (Å²) in [5.41, 5.74) is 7.25. The predicted octanol–water partition coefficient (Wildman–Crippen LogP) is 4.40. The molecular formula is C14H13F3N4O. The lowest BCUT2D eigenvalue weighted by molar-refractivity contribution is -0.137. The number of fused-ring (bicyclic) bond motifs is 1. The van der Waals surface area contributed by atoms with Crippen molar-refractivity contribution in [2.45, 2.75) is 38.5 Å². The summed E-state index contributed by atoms with van der Waals surface area (Å²) in [4.78, 5) is 16.4. The predicted molar refractivity (Wildman–Crippen MR) is 72.3 cm³/mol. The van der Waals surface area contributed by atoms with Gasteiger partial charge in [0.05, 0.1) is 11.1 Å². The van der Waals surface area contributed by atoms with Crippen LogP contribution in [-0.4, -0.2) is 16.8 Å². The molecule has 3 rings (SSSR count). The Morgan fingerprint density at radius 1 is 1.41 bits per heavy atom. The van der Waals surface area contributed by atoms with E-state index < -0.39 is 17.6 Å². The van der Waals surface area contributed by atoms with Crippen LogP contribution in [0.2, 0.25) is 0 Å². The first-order valence-corrected chi connectivity index (χ1v) is 6.93. The highest BCUT2D eigenvalue weighted by Gasteiger charge is 2.44. The molecule has 5 nitrogen and oxygen atoms in total. The number of hydrogen-bond donors (Lipinski definition) is 0. The third kappa shape index (κ3) is 2.39. The van der Waals surface area contributed by atoms with E-state index in [1.807, 2.05) is 6.92 Å². The fraction of sp³-hybridized carbons (Fsp3) is 0.500. The monoisotopic (exact) mass is 310 g/mol. The van der Waals surface area contributed by atoms with Crippen LogP contribution in [0.4, 0.5) is 18.9 Å². The largest absolute Gasteiger partial charge is 0.417 e. The number of hydrogen-bond acceptors (Lipinski definition) is 2. The second kappa shape index (κ2) is 4.91. The van der Waals surface area contributed by atoms with Crippen LogP contribution in [-0.2, 0) is 12.7 Å². The number of azide groups is 1. The Morgan fingerprint density at radius 3 is 2.64 bits per heavy atom. The van der Waals surface area contributed by atoms with Crippen LogP contribution in [0, 0.1) is 5.92 Å². The van der Waals surface area contributed by atoms with Crippen LogP contribution < -0.4 is 0 Å². The maximum atomic E-state index is 13.2. The highest BCUT2D eigenvalue weighted by Crippen LogP contribution is 2.43. The van der Waals surface area contributed by atoms with Gasteiger partial charge in [-0.25, -0.2) is 0 Å². The Labute approximate surface area is 124 Å². The van der Waals surface area contributed by atoms with E-state index >= 15 is 0 Å². The molecule has 1 aromatic carbocycles. The SMILES string of the molecule is CC(C1CC1)N1Cc2cc(N=[N+]=[N-])cc(C(F)(F)F)c2C1=O. The Kier molecular flexibility index (Phi) is 3.29. The molecule has 1 aliphatic heterocycles. The average molecular weight is 310 g/mol. The molecule has 0 bridgehead atoms. The first-order chi connectivity index (χ1) is 10.3. The van der Waals surface area contributed by atoms with Crippen molar-refractivity contribution in [1.82, 2.24) is 4.90 Å². The molecule has 1 heterocycles. The quantitative estimate of drug-likeness (QED) is 0.463. The minimum atomic E-state index is -4.67. The van der Waals surface area contributed by atoms with Gasteiger partial charge in [-0.15, -0.1) is 0 Å². The van der Waals surface area contributed by atoms with Crippen LogP contribution in [0.15, 0.2) is 17.2 Å². The molecule has 1 aliphatic carbocycles. The van der Waals surface area contributed by atoms with Gasteiger partial charge in [-0.3, -0.25) is 4.79 Å². The number of halogens is 3. The molecule has 1 saturated carbocycles. The number of amides is 1. The fourth-order valence-electron chi connectivity index (χ4n) is 2.96. The topological polar surface area (TPSA) is 69.1 Å². The molecule has 0 saturated heterocycles. The highest BCUT2D eigenvalue weighted by molar-refractivity contribution is 6.00. The number of rotatable bonds is 3. The maximum absolute atomic E-state index is 13.2. The van der Waals surface area contributed by atoms with Gasteiger partial charge in [0, 0.05) is 23.2 Å². The summed E-state index contributed by atoms with van der Waals surface area (Å²) < 4.78 is 39.7. The number of alkyl halides is 3. The van der Waals surface area contributed by atoms with E-state index in [0.717, 1.165) is 18.9 Å². The van der Waals surface area contributed by atoms with Gasteiger partial charge in [0.25, 0.3) is 5.91 Å². The molecule has 0 aromatic heterocycles. The summed E-state index contributed by atoms with van der Waals surface area (Å²) in [5, 5.41) is 3.25. The normalized spacial score (nSPS) is 18.9. The molecule has 22 heavy (non-hydrogen) atoms. The van der Waals surface area contributed by atoms with Crippen molar-refractivity contribution < 1.29 is 18.0 Å². The van der Waals surface area contributed by atoms with Crippen LogP contribution in [0.25, 0.3) is 10.4 Å². The third-order valence-electron chi connectivity index (χ3n) is 4.28. The smallest absolute Gasteiger partial charge is 0.331 e. The van der Waals surface area contributed by atoms with Crippen molar-refractivity contribution in [3.63, 3.8) is 0 Å². The fourth-order valence-corrected chi connectivity index (χ4v) is 2.96. The molecule has 0 radical (unpaired) electrons. The van der Waals surface area contributed by atoms with E-state index in [2.05, 4.69) is 10.0 Å². The molecule has 0 N–H and O–H groups in total. The zero-order chi connectivity index (χ0) is 16.1. The number of nitrogens with zero attached hydrogens (tertiary/aromatic N) is 4. The Morgan fingerprint density at radius 2 is 2.09 bits per heavy atom. The molecule has 8 heteroatoms. The summed E-state index contributed by atoms with van der Waals surface area (Å²) in [6, 6.07) is 2.02. The van der Waals surface area contributed by atoms with E-state index in [9.17, 15) is 18.0 Å². The van der Waals surface area contributed by atoms with Gasteiger partial charge >= 0.3 is 6.18 Å². The molecule has 116 valence electrons. The van der Waals surface area contributed by atoms with Gasteiger partial charge in [0.15, 0.2) is 0 Å². The Balaban J connectivity index is 2.08. The third-order valence-corrected chi connectivity index (χ3v) is 4.28. The zero-order valence-electron chi connectivity index (χ0n) is 11.8. The summed E-state index contributed by atoms with van der Waals surface area (Å²) in [5.74, 6) is -0.224. The van der Waals surface area contributed by atoms with Crippen molar-refractivity contribution in [2.24, 2.45) is 11.0 Å². The van der Waals surface area contributed by atoms with Crippen LogP contribution >= 0.6 is 0 Å². The Hall–Kier alpha value is -2.21. The van der Waals surface area contributed by atoms with Gasteiger partial charge < -0.3 is 4.90 Å². The van der Waals surface area contributed by atoms with Gasteiger partial charge in [-0.1, -0.05) is 5.11 Å². The highest BCUT2D eigenvalue weighted by atomic mass is 19.4. The lowest BCUT2D eigenvalue weighted by Crippen LogP contribution is -2.35. The molecule has 2 aliphatic rings. The van der Waals surface area contributed by atoms with Gasteiger partial charge in [0.1, 0.15) is 0 Å². The molecule has 1 atom stereocenters. The van der Waals surface area contributed by atoms with Crippen LogP contribution in [0.3, 0.4) is 0 Å². The number of carbonyl (C=O) groups is 1. The summed E-state index contributed by atoms with van der Waals surface area (Å²) >= 11 is 0. The van der Waals surface area contributed by atoms with Crippen molar-refractivity contribution in [2.75, 3.05) is 0 Å². The molecule has 1 unspecified atom stereocenters. The van der Waals surface area contributed by atoms with Crippen LogP contribution in [0.1, 0.15) is 41.3 Å².